The van der Waals surface area contributed by atoms with Crippen molar-refractivity contribution in [1.29, 1.82) is 0 Å². The number of piperidine rings is 1. The van der Waals surface area contributed by atoms with Gasteiger partial charge in [-0.3, -0.25) is 15.1 Å². The molecule has 1 saturated heterocycles. The van der Waals surface area contributed by atoms with E-state index < -0.39 is 0 Å². The monoisotopic (exact) mass is 265 g/mol. The molecule has 1 aliphatic heterocycles. The summed E-state index contributed by atoms with van der Waals surface area (Å²) in [7, 11) is 0. The van der Waals surface area contributed by atoms with Gasteiger partial charge in [-0.05, 0) is 37.8 Å². The average Bonchev–Trinajstić information content (AvgIpc) is 2.74. The number of furan rings is 1. The van der Waals surface area contributed by atoms with Gasteiger partial charge in [0.15, 0.2) is 5.76 Å². The Labute approximate surface area is 114 Å². The maximum Gasteiger partial charge on any atom is 0.300 e. The molecule has 1 amide bonds. The molecule has 106 valence electrons. The van der Waals surface area contributed by atoms with Gasteiger partial charge in [0, 0.05) is 18.7 Å². The number of nitrogen functional groups attached to an aromatic ring is 1. The Morgan fingerprint density at radius 1 is 1.53 bits per heavy atom. The van der Waals surface area contributed by atoms with E-state index in [1.165, 1.54) is 6.42 Å². The van der Waals surface area contributed by atoms with E-state index >= 15 is 0 Å². The van der Waals surface area contributed by atoms with E-state index in [4.69, 9.17) is 10.3 Å². The molecule has 0 aliphatic carbocycles. The molecule has 2 rings (SSSR count). The van der Waals surface area contributed by atoms with Crippen LogP contribution in [-0.4, -0.2) is 23.9 Å². The third-order valence-corrected chi connectivity index (χ3v) is 4.19. The second-order valence-corrected chi connectivity index (χ2v) is 5.64. The summed E-state index contributed by atoms with van der Waals surface area (Å²) in [6, 6.07) is 1.79. The molecule has 1 aromatic rings. The molecule has 19 heavy (non-hydrogen) atoms. The largest absolute Gasteiger partial charge is 0.456 e. The van der Waals surface area contributed by atoms with Gasteiger partial charge in [0.05, 0.1) is 0 Å². The van der Waals surface area contributed by atoms with E-state index in [0.717, 1.165) is 36.9 Å². The van der Waals surface area contributed by atoms with Gasteiger partial charge in [0.1, 0.15) is 5.76 Å². The molecule has 2 unspecified atom stereocenters. The summed E-state index contributed by atoms with van der Waals surface area (Å²) in [5.74, 6) is 7.32. The lowest BCUT2D eigenvalue weighted by Gasteiger charge is -2.35. The van der Waals surface area contributed by atoms with Gasteiger partial charge in [-0.15, -0.1) is 0 Å². The zero-order chi connectivity index (χ0) is 14.0. The number of nitrogens with zero attached hydrogens (tertiary/aromatic N) is 1. The zero-order valence-electron chi connectivity index (χ0n) is 11.9. The number of carbonyl (C=O) groups excluding carboxylic acids is 1. The first kappa shape index (κ1) is 14.1. The van der Waals surface area contributed by atoms with Crippen LogP contribution < -0.4 is 11.3 Å². The van der Waals surface area contributed by atoms with Crippen LogP contribution in [-0.2, 0) is 6.54 Å². The van der Waals surface area contributed by atoms with Crippen molar-refractivity contribution in [3.63, 3.8) is 0 Å². The van der Waals surface area contributed by atoms with Gasteiger partial charge in [-0.2, -0.15) is 0 Å². The Bertz CT molecular complexity index is 456. The normalized spacial score (nSPS) is 24.4. The quantitative estimate of drug-likeness (QED) is 0.495. The van der Waals surface area contributed by atoms with Gasteiger partial charge in [0.2, 0.25) is 0 Å². The first-order chi connectivity index (χ1) is 9.01. The van der Waals surface area contributed by atoms with Crippen molar-refractivity contribution in [2.24, 2.45) is 17.7 Å². The van der Waals surface area contributed by atoms with Gasteiger partial charge < -0.3 is 4.42 Å². The highest BCUT2D eigenvalue weighted by Gasteiger charge is 2.24. The van der Waals surface area contributed by atoms with Crippen LogP contribution in [0.2, 0.25) is 0 Å². The van der Waals surface area contributed by atoms with Gasteiger partial charge in [0.25, 0.3) is 0 Å². The van der Waals surface area contributed by atoms with E-state index in [-0.39, 0.29) is 11.7 Å². The zero-order valence-corrected chi connectivity index (χ0v) is 11.9. The molecule has 3 N–H and O–H groups in total. The lowest BCUT2D eigenvalue weighted by Crippen LogP contribution is -2.37. The average molecular weight is 265 g/mol. The highest BCUT2D eigenvalue weighted by Crippen LogP contribution is 2.25. The maximum atomic E-state index is 11.4. The van der Waals surface area contributed by atoms with Crippen molar-refractivity contribution in [3.8, 4) is 0 Å². The van der Waals surface area contributed by atoms with Crippen molar-refractivity contribution < 1.29 is 9.21 Å². The molecule has 0 spiro atoms. The van der Waals surface area contributed by atoms with Crippen LogP contribution >= 0.6 is 0 Å². The second kappa shape index (κ2) is 5.75. The number of aryl methyl sites for hydroxylation is 1. The lowest BCUT2D eigenvalue weighted by atomic mass is 9.88. The molecule has 1 aromatic heterocycles. The SMILES string of the molecule is Cc1oc(C(=O)NN)cc1CN1CCC(C)C(C)C1. The minimum atomic E-state index is -0.380. The summed E-state index contributed by atoms with van der Waals surface area (Å²) >= 11 is 0. The minimum Gasteiger partial charge on any atom is -0.456 e. The number of carbonyl (C=O) groups is 1. The van der Waals surface area contributed by atoms with Crippen LogP contribution in [0, 0.1) is 18.8 Å². The molecular weight excluding hydrogens is 242 g/mol. The van der Waals surface area contributed by atoms with Crippen molar-refractivity contribution in [1.82, 2.24) is 10.3 Å². The number of rotatable bonds is 3. The lowest BCUT2D eigenvalue weighted by molar-refractivity contribution is 0.0924. The van der Waals surface area contributed by atoms with Crippen molar-refractivity contribution in [2.45, 2.75) is 33.7 Å². The predicted molar refractivity (Wildman–Crippen MR) is 73.3 cm³/mol. The molecule has 0 aromatic carbocycles. The number of hydrogen-bond donors (Lipinski definition) is 2. The minimum absolute atomic E-state index is 0.286. The fourth-order valence-electron chi connectivity index (χ4n) is 2.59. The van der Waals surface area contributed by atoms with Gasteiger partial charge >= 0.3 is 5.91 Å². The van der Waals surface area contributed by atoms with Crippen LogP contribution in [0.4, 0.5) is 0 Å². The molecule has 0 saturated carbocycles. The third kappa shape index (κ3) is 3.16. The van der Waals surface area contributed by atoms with E-state index in [0.29, 0.717) is 5.92 Å². The molecule has 2 atom stereocenters. The van der Waals surface area contributed by atoms with Gasteiger partial charge in [-0.1, -0.05) is 13.8 Å². The first-order valence-electron chi connectivity index (χ1n) is 6.84. The standard InChI is InChI=1S/C14H23N3O2/c1-9-4-5-17(7-10(9)2)8-12-6-13(14(18)16-15)19-11(12)3/h6,9-10H,4-5,7-8,15H2,1-3H3,(H,16,18). The molecule has 1 fully saturated rings. The summed E-state index contributed by atoms with van der Waals surface area (Å²) in [5, 5.41) is 0. The van der Waals surface area contributed by atoms with Crippen molar-refractivity contribution in [3.05, 3.63) is 23.2 Å². The third-order valence-electron chi connectivity index (χ3n) is 4.19. The van der Waals surface area contributed by atoms with Crippen LogP contribution in [0.25, 0.3) is 0 Å². The van der Waals surface area contributed by atoms with Crippen LogP contribution in [0.3, 0.4) is 0 Å². The Morgan fingerprint density at radius 3 is 2.89 bits per heavy atom. The molecule has 1 aliphatic rings. The molecule has 0 bridgehead atoms. The Morgan fingerprint density at radius 2 is 2.26 bits per heavy atom. The summed E-state index contributed by atoms with van der Waals surface area (Å²) in [6.07, 6.45) is 1.23. The first-order valence-corrected chi connectivity index (χ1v) is 6.84. The number of amides is 1. The smallest absolute Gasteiger partial charge is 0.300 e. The van der Waals surface area contributed by atoms with E-state index in [1.54, 1.807) is 6.07 Å². The van der Waals surface area contributed by atoms with Gasteiger partial charge in [-0.25, -0.2) is 5.84 Å². The fraction of sp³-hybridized carbons (Fsp3) is 0.643. The summed E-state index contributed by atoms with van der Waals surface area (Å²) in [4.78, 5) is 13.8. The van der Waals surface area contributed by atoms with Crippen LogP contribution in [0.15, 0.2) is 10.5 Å². The van der Waals surface area contributed by atoms with E-state index in [2.05, 4.69) is 24.2 Å². The summed E-state index contributed by atoms with van der Waals surface area (Å²) < 4.78 is 5.44. The topological polar surface area (TPSA) is 71.5 Å². The Kier molecular flexibility index (Phi) is 4.27. The number of nitrogens with two attached hydrogens (primary N) is 1. The fourth-order valence-corrected chi connectivity index (χ4v) is 2.59. The van der Waals surface area contributed by atoms with E-state index in [9.17, 15) is 4.79 Å². The molecular formula is C14H23N3O2. The highest BCUT2D eigenvalue weighted by molar-refractivity contribution is 5.91. The van der Waals surface area contributed by atoms with Crippen LogP contribution in [0.5, 0.6) is 0 Å². The van der Waals surface area contributed by atoms with Crippen molar-refractivity contribution in [2.75, 3.05) is 13.1 Å². The summed E-state index contributed by atoms with van der Waals surface area (Å²) in [6.45, 7) is 9.54. The number of hydrogen-bond acceptors (Lipinski definition) is 4. The van der Waals surface area contributed by atoms with Crippen LogP contribution in [0.1, 0.15) is 42.1 Å². The molecule has 2 heterocycles. The highest BCUT2D eigenvalue weighted by atomic mass is 16.4. The predicted octanol–water partition coefficient (Wildman–Crippen LogP) is 1.67. The van der Waals surface area contributed by atoms with Crippen molar-refractivity contribution >= 4 is 5.91 Å². The maximum absolute atomic E-state index is 11.4. The number of nitrogens with one attached hydrogen (secondary N) is 1. The van der Waals surface area contributed by atoms with E-state index in [1.807, 2.05) is 6.92 Å². The molecule has 5 heteroatoms. The molecule has 5 nitrogen and oxygen atoms in total. The molecule has 0 radical (unpaired) electrons. The number of likely N-dealkylation sites (tertiary alicyclic amines) is 1. The number of hydrazine groups is 1. The Hall–Kier alpha value is -1.33. The summed E-state index contributed by atoms with van der Waals surface area (Å²) in [5.41, 5.74) is 3.16. The Balaban J connectivity index is 2.03. The second-order valence-electron chi connectivity index (χ2n) is 5.64.